The predicted molar refractivity (Wildman–Crippen MR) is 69.8 cm³/mol. The molecule has 0 amide bonds. The summed E-state index contributed by atoms with van der Waals surface area (Å²) in [6.45, 7) is 6.82. The van der Waals surface area contributed by atoms with Gasteiger partial charge in [0.15, 0.2) is 0 Å². The maximum atomic E-state index is 10.8. The third kappa shape index (κ3) is 2.86. The average molecular weight is 238 g/mol. The van der Waals surface area contributed by atoms with Crippen LogP contribution in [0.15, 0.2) is 16.8 Å². The second-order valence-electron chi connectivity index (χ2n) is 6.39. The van der Waals surface area contributed by atoms with Crippen molar-refractivity contribution >= 4 is 11.3 Å². The van der Waals surface area contributed by atoms with Crippen molar-refractivity contribution in [2.24, 2.45) is 11.3 Å². The van der Waals surface area contributed by atoms with E-state index in [-0.39, 0.29) is 5.41 Å². The molecule has 1 N–H and O–H groups in total. The third-order valence-electron chi connectivity index (χ3n) is 3.55. The van der Waals surface area contributed by atoms with Crippen LogP contribution in [0.1, 0.15) is 45.6 Å². The van der Waals surface area contributed by atoms with E-state index in [0.717, 1.165) is 19.3 Å². The van der Waals surface area contributed by atoms with Gasteiger partial charge in [-0.25, -0.2) is 0 Å². The van der Waals surface area contributed by atoms with Crippen molar-refractivity contribution in [3.05, 3.63) is 22.4 Å². The fraction of sp³-hybridized carbons (Fsp3) is 0.714. The summed E-state index contributed by atoms with van der Waals surface area (Å²) in [4.78, 5) is 0. The van der Waals surface area contributed by atoms with Crippen LogP contribution in [0.25, 0.3) is 0 Å². The molecule has 1 fully saturated rings. The largest absolute Gasteiger partial charge is 0.390 e. The Hall–Kier alpha value is -0.340. The predicted octanol–water partition coefficient (Wildman–Crippen LogP) is 3.87. The molecule has 1 aromatic heterocycles. The monoisotopic (exact) mass is 238 g/mol. The summed E-state index contributed by atoms with van der Waals surface area (Å²) in [5.41, 5.74) is 1.09. The van der Waals surface area contributed by atoms with Gasteiger partial charge in [-0.15, -0.1) is 0 Å². The molecule has 0 aromatic carbocycles. The van der Waals surface area contributed by atoms with Gasteiger partial charge in [-0.1, -0.05) is 20.8 Å². The van der Waals surface area contributed by atoms with Gasteiger partial charge >= 0.3 is 0 Å². The second-order valence-corrected chi connectivity index (χ2v) is 7.17. The number of thiophene rings is 1. The molecule has 90 valence electrons. The van der Waals surface area contributed by atoms with Crippen LogP contribution in [-0.2, 0) is 6.42 Å². The van der Waals surface area contributed by atoms with Gasteiger partial charge in [-0.2, -0.15) is 11.3 Å². The standard InChI is InChI=1S/C14H22OS/c1-11-6-13(2,3)10-14(15,7-11)8-12-4-5-16-9-12/h4-5,9,11,15H,6-8,10H2,1-3H3. The Balaban J connectivity index is 2.11. The van der Waals surface area contributed by atoms with E-state index in [1.54, 1.807) is 11.3 Å². The molecule has 0 radical (unpaired) electrons. The van der Waals surface area contributed by atoms with Crippen LogP contribution in [0.3, 0.4) is 0 Å². The first-order valence-electron chi connectivity index (χ1n) is 6.12. The first-order valence-corrected chi connectivity index (χ1v) is 7.06. The zero-order chi connectivity index (χ0) is 11.8. The fourth-order valence-electron chi connectivity index (χ4n) is 3.61. The number of rotatable bonds is 2. The van der Waals surface area contributed by atoms with Gasteiger partial charge in [0.05, 0.1) is 5.60 Å². The van der Waals surface area contributed by atoms with Gasteiger partial charge in [0.1, 0.15) is 0 Å². The van der Waals surface area contributed by atoms with E-state index in [0.29, 0.717) is 5.92 Å². The molecule has 2 atom stereocenters. The fourth-order valence-corrected chi connectivity index (χ4v) is 4.28. The van der Waals surface area contributed by atoms with Crippen molar-refractivity contribution < 1.29 is 5.11 Å². The second kappa shape index (κ2) is 4.15. The van der Waals surface area contributed by atoms with E-state index >= 15 is 0 Å². The van der Waals surface area contributed by atoms with Crippen LogP contribution in [0.2, 0.25) is 0 Å². The normalized spacial score (nSPS) is 33.9. The quantitative estimate of drug-likeness (QED) is 0.829. The lowest BCUT2D eigenvalue weighted by atomic mass is 9.64. The zero-order valence-corrected chi connectivity index (χ0v) is 11.3. The van der Waals surface area contributed by atoms with Crippen molar-refractivity contribution in [3.8, 4) is 0 Å². The Morgan fingerprint density at radius 3 is 2.75 bits per heavy atom. The lowest BCUT2D eigenvalue weighted by Gasteiger charge is -2.44. The molecule has 0 bridgehead atoms. The Morgan fingerprint density at radius 1 is 1.44 bits per heavy atom. The molecule has 1 aliphatic rings. The minimum absolute atomic E-state index is 0.280. The van der Waals surface area contributed by atoms with Crippen molar-refractivity contribution in [1.29, 1.82) is 0 Å². The van der Waals surface area contributed by atoms with Crippen molar-refractivity contribution in [1.82, 2.24) is 0 Å². The molecule has 1 nitrogen and oxygen atoms in total. The van der Waals surface area contributed by atoms with Gasteiger partial charge < -0.3 is 5.11 Å². The number of hydrogen-bond donors (Lipinski definition) is 1. The van der Waals surface area contributed by atoms with Crippen LogP contribution in [0.5, 0.6) is 0 Å². The van der Waals surface area contributed by atoms with Crippen LogP contribution in [0.4, 0.5) is 0 Å². The Labute approximate surface area is 103 Å². The zero-order valence-electron chi connectivity index (χ0n) is 10.5. The van der Waals surface area contributed by atoms with Gasteiger partial charge in [-0.3, -0.25) is 0 Å². The maximum absolute atomic E-state index is 10.8. The summed E-state index contributed by atoms with van der Waals surface area (Å²) < 4.78 is 0. The summed E-state index contributed by atoms with van der Waals surface area (Å²) in [6, 6.07) is 2.13. The molecule has 0 saturated heterocycles. The van der Waals surface area contributed by atoms with Gasteiger partial charge in [0.2, 0.25) is 0 Å². The molecule has 0 spiro atoms. The summed E-state index contributed by atoms with van der Waals surface area (Å²) in [6.07, 6.45) is 3.94. The minimum atomic E-state index is -0.484. The van der Waals surface area contributed by atoms with Crippen molar-refractivity contribution in [3.63, 3.8) is 0 Å². The smallest absolute Gasteiger partial charge is 0.0695 e. The summed E-state index contributed by atoms with van der Waals surface area (Å²) in [5, 5.41) is 15.0. The van der Waals surface area contributed by atoms with Crippen molar-refractivity contribution in [2.75, 3.05) is 0 Å². The van der Waals surface area contributed by atoms with Crippen LogP contribution in [-0.4, -0.2) is 10.7 Å². The highest BCUT2D eigenvalue weighted by molar-refractivity contribution is 7.07. The molecular weight excluding hydrogens is 216 g/mol. The number of aliphatic hydroxyl groups is 1. The third-order valence-corrected chi connectivity index (χ3v) is 4.28. The molecule has 16 heavy (non-hydrogen) atoms. The number of hydrogen-bond acceptors (Lipinski definition) is 2. The van der Waals surface area contributed by atoms with E-state index in [1.165, 1.54) is 12.0 Å². The van der Waals surface area contributed by atoms with Crippen LogP contribution in [0, 0.1) is 11.3 Å². The Bertz CT molecular complexity index is 342. The molecule has 2 heteroatoms. The highest BCUT2D eigenvalue weighted by Crippen LogP contribution is 2.45. The average Bonchev–Trinajstić information content (AvgIpc) is 2.49. The maximum Gasteiger partial charge on any atom is 0.0695 e. The first kappa shape index (κ1) is 12.1. The van der Waals surface area contributed by atoms with E-state index in [1.807, 2.05) is 0 Å². The molecular formula is C14H22OS. The highest BCUT2D eigenvalue weighted by Gasteiger charge is 2.41. The first-order chi connectivity index (χ1) is 7.39. The lowest BCUT2D eigenvalue weighted by Crippen LogP contribution is -2.43. The van der Waals surface area contributed by atoms with Gasteiger partial charge in [-0.05, 0) is 53.0 Å². The van der Waals surface area contributed by atoms with Crippen LogP contribution < -0.4 is 0 Å². The molecule has 2 rings (SSSR count). The molecule has 1 aliphatic carbocycles. The highest BCUT2D eigenvalue weighted by atomic mass is 32.1. The van der Waals surface area contributed by atoms with E-state index in [9.17, 15) is 5.11 Å². The van der Waals surface area contributed by atoms with Gasteiger partial charge in [0.25, 0.3) is 0 Å². The van der Waals surface area contributed by atoms with E-state index in [2.05, 4.69) is 37.6 Å². The Kier molecular flexibility index (Phi) is 3.15. The summed E-state index contributed by atoms with van der Waals surface area (Å²) in [5.74, 6) is 0.632. The van der Waals surface area contributed by atoms with Gasteiger partial charge in [0, 0.05) is 6.42 Å². The minimum Gasteiger partial charge on any atom is -0.390 e. The molecule has 1 saturated carbocycles. The summed E-state index contributed by atoms with van der Waals surface area (Å²) >= 11 is 1.72. The van der Waals surface area contributed by atoms with E-state index < -0.39 is 5.60 Å². The SMILES string of the molecule is CC1CC(C)(C)CC(O)(Cc2ccsc2)C1. The molecule has 1 heterocycles. The molecule has 1 aromatic rings. The molecule has 0 aliphatic heterocycles. The Morgan fingerprint density at radius 2 is 2.19 bits per heavy atom. The topological polar surface area (TPSA) is 20.2 Å². The van der Waals surface area contributed by atoms with Crippen molar-refractivity contribution in [2.45, 2.75) is 52.1 Å². The summed E-state index contributed by atoms with van der Waals surface area (Å²) in [7, 11) is 0. The lowest BCUT2D eigenvalue weighted by molar-refractivity contribution is -0.0573. The van der Waals surface area contributed by atoms with Crippen LogP contribution >= 0.6 is 11.3 Å². The van der Waals surface area contributed by atoms with E-state index in [4.69, 9.17) is 0 Å². The molecule has 2 unspecified atom stereocenters.